The van der Waals surface area contributed by atoms with E-state index in [9.17, 15) is 4.79 Å². The van der Waals surface area contributed by atoms with E-state index in [0.717, 1.165) is 24.4 Å². The molecule has 2 atom stereocenters. The van der Waals surface area contributed by atoms with Gasteiger partial charge in [0.15, 0.2) is 0 Å². The highest BCUT2D eigenvalue weighted by Crippen LogP contribution is 2.28. The van der Waals surface area contributed by atoms with Crippen LogP contribution in [0.1, 0.15) is 25.0 Å². The summed E-state index contributed by atoms with van der Waals surface area (Å²) in [6.07, 6.45) is 2.58. The van der Waals surface area contributed by atoms with Gasteiger partial charge in [-0.05, 0) is 13.3 Å². The molecule has 0 bridgehead atoms. The van der Waals surface area contributed by atoms with E-state index >= 15 is 0 Å². The zero-order valence-electron chi connectivity index (χ0n) is 12.2. The molecule has 7 heteroatoms. The molecule has 0 saturated carbocycles. The van der Waals surface area contributed by atoms with Crippen LogP contribution >= 0.6 is 0 Å². The highest BCUT2D eigenvalue weighted by atomic mass is 16.5. The van der Waals surface area contributed by atoms with Gasteiger partial charge in [-0.25, -0.2) is 4.79 Å². The molecule has 2 N–H and O–H groups in total. The van der Waals surface area contributed by atoms with Crippen molar-refractivity contribution in [1.82, 2.24) is 15.1 Å². The van der Waals surface area contributed by atoms with Gasteiger partial charge in [0.1, 0.15) is 0 Å². The standard InChI is InChI=1S/C13H22N4O3/c1-9(19-3)7-17(2)13(18)15-11-6-14-16-12(11)10-4-5-20-8-10/h6,9-10H,4-5,7-8H2,1-3H3,(H,14,16)(H,15,18). The number of aromatic nitrogens is 2. The van der Waals surface area contributed by atoms with Crippen LogP contribution in [0.3, 0.4) is 0 Å². The number of anilines is 1. The van der Waals surface area contributed by atoms with Crippen molar-refractivity contribution in [3.05, 3.63) is 11.9 Å². The number of urea groups is 1. The summed E-state index contributed by atoms with van der Waals surface area (Å²) < 4.78 is 10.5. The average molecular weight is 282 g/mol. The Labute approximate surface area is 118 Å². The lowest BCUT2D eigenvalue weighted by Gasteiger charge is -2.21. The molecule has 2 rings (SSSR count). The van der Waals surface area contributed by atoms with Gasteiger partial charge in [-0.3, -0.25) is 5.10 Å². The summed E-state index contributed by atoms with van der Waals surface area (Å²) in [5.74, 6) is 0.274. The second-order valence-electron chi connectivity index (χ2n) is 5.11. The third-order valence-corrected chi connectivity index (χ3v) is 3.53. The molecule has 1 aromatic rings. The van der Waals surface area contributed by atoms with E-state index < -0.39 is 0 Å². The zero-order chi connectivity index (χ0) is 14.5. The Bertz CT molecular complexity index is 443. The van der Waals surface area contributed by atoms with Gasteiger partial charge in [-0.2, -0.15) is 5.10 Å². The quantitative estimate of drug-likeness (QED) is 0.856. The van der Waals surface area contributed by atoms with Crippen molar-refractivity contribution >= 4 is 11.7 Å². The maximum absolute atomic E-state index is 12.1. The first-order valence-corrected chi connectivity index (χ1v) is 6.77. The number of nitrogens with zero attached hydrogens (tertiary/aromatic N) is 2. The molecule has 20 heavy (non-hydrogen) atoms. The van der Waals surface area contributed by atoms with Crippen LogP contribution in [0.2, 0.25) is 0 Å². The van der Waals surface area contributed by atoms with Gasteiger partial charge in [0, 0.05) is 33.2 Å². The van der Waals surface area contributed by atoms with E-state index in [0.29, 0.717) is 13.2 Å². The van der Waals surface area contributed by atoms with E-state index in [1.165, 1.54) is 0 Å². The van der Waals surface area contributed by atoms with Crippen molar-refractivity contribution in [1.29, 1.82) is 0 Å². The van der Waals surface area contributed by atoms with Crippen molar-refractivity contribution in [2.45, 2.75) is 25.4 Å². The first-order valence-electron chi connectivity index (χ1n) is 6.77. The molecule has 0 aliphatic carbocycles. The van der Waals surface area contributed by atoms with Crippen molar-refractivity contribution in [2.75, 3.05) is 39.2 Å². The second kappa shape index (κ2) is 6.71. The predicted octanol–water partition coefficient (Wildman–Crippen LogP) is 1.41. The summed E-state index contributed by atoms with van der Waals surface area (Å²) in [6, 6.07) is -0.171. The van der Waals surface area contributed by atoms with Gasteiger partial charge >= 0.3 is 6.03 Å². The molecule has 1 fully saturated rings. The minimum Gasteiger partial charge on any atom is -0.381 e. The molecule has 1 aliphatic rings. The van der Waals surface area contributed by atoms with E-state index in [-0.39, 0.29) is 18.1 Å². The Kier molecular flexibility index (Phi) is 4.97. The van der Waals surface area contributed by atoms with Crippen LogP contribution in [0.15, 0.2) is 6.20 Å². The SMILES string of the molecule is COC(C)CN(C)C(=O)Nc1cn[nH]c1C1CCOC1. The van der Waals surface area contributed by atoms with Crippen LogP contribution < -0.4 is 5.32 Å². The van der Waals surface area contributed by atoms with Gasteiger partial charge in [0.2, 0.25) is 0 Å². The first kappa shape index (κ1) is 14.8. The third kappa shape index (κ3) is 3.49. The molecule has 1 aromatic heterocycles. The maximum Gasteiger partial charge on any atom is 0.321 e. The minimum atomic E-state index is -0.171. The average Bonchev–Trinajstić information content (AvgIpc) is 3.08. The predicted molar refractivity (Wildman–Crippen MR) is 74.9 cm³/mol. The van der Waals surface area contributed by atoms with E-state index in [4.69, 9.17) is 9.47 Å². The van der Waals surface area contributed by atoms with Crippen LogP contribution in [0, 0.1) is 0 Å². The normalized spacial score (nSPS) is 19.9. The summed E-state index contributed by atoms with van der Waals surface area (Å²) >= 11 is 0. The lowest BCUT2D eigenvalue weighted by atomic mass is 10.0. The molecule has 2 unspecified atom stereocenters. The molecule has 2 amide bonds. The third-order valence-electron chi connectivity index (χ3n) is 3.53. The molecule has 1 aliphatic heterocycles. The lowest BCUT2D eigenvalue weighted by molar-refractivity contribution is 0.0944. The number of aromatic amines is 1. The van der Waals surface area contributed by atoms with Crippen LogP contribution in [-0.4, -0.2) is 61.1 Å². The smallest absolute Gasteiger partial charge is 0.321 e. The Hall–Kier alpha value is -1.60. The molecule has 0 aromatic carbocycles. The Balaban J connectivity index is 1.95. The topological polar surface area (TPSA) is 79.5 Å². The number of methoxy groups -OCH3 is 1. The number of likely N-dealkylation sites (N-methyl/N-ethyl adjacent to an activating group) is 1. The molecule has 7 nitrogen and oxygen atoms in total. The van der Waals surface area contributed by atoms with Crippen LogP contribution in [0.5, 0.6) is 0 Å². The van der Waals surface area contributed by atoms with Gasteiger partial charge in [-0.15, -0.1) is 0 Å². The van der Waals surface area contributed by atoms with Crippen molar-refractivity contribution in [3.63, 3.8) is 0 Å². The van der Waals surface area contributed by atoms with Crippen LogP contribution in [-0.2, 0) is 9.47 Å². The molecule has 2 heterocycles. The first-order chi connectivity index (χ1) is 9.61. The Morgan fingerprint density at radius 3 is 3.20 bits per heavy atom. The number of hydrogen-bond acceptors (Lipinski definition) is 4. The van der Waals surface area contributed by atoms with Crippen molar-refractivity contribution < 1.29 is 14.3 Å². The lowest BCUT2D eigenvalue weighted by Crippen LogP contribution is -2.37. The fourth-order valence-corrected chi connectivity index (χ4v) is 2.22. The summed E-state index contributed by atoms with van der Waals surface area (Å²) in [4.78, 5) is 13.7. The minimum absolute atomic E-state index is 0.00203. The van der Waals surface area contributed by atoms with Gasteiger partial charge < -0.3 is 19.7 Å². The number of H-pyrrole nitrogens is 1. The molecule has 0 radical (unpaired) electrons. The summed E-state index contributed by atoms with van der Waals surface area (Å²) in [5, 5.41) is 9.85. The van der Waals surface area contributed by atoms with Crippen molar-refractivity contribution in [2.24, 2.45) is 0 Å². The monoisotopic (exact) mass is 282 g/mol. The largest absolute Gasteiger partial charge is 0.381 e. The molecular formula is C13H22N4O3. The van der Waals surface area contributed by atoms with Gasteiger partial charge in [0.25, 0.3) is 0 Å². The van der Waals surface area contributed by atoms with E-state index in [2.05, 4.69) is 15.5 Å². The van der Waals surface area contributed by atoms with E-state index in [1.54, 1.807) is 25.3 Å². The molecule has 112 valence electrons. The molecule has 0 spiro atoms. The van der Waals surface area contributed by atoms with Crippen molar-refractivity contribution in [3.8, 4) is 0 Å². The summed E-state index contributed by atoms with van der Waals surface area (Å²) in [5.41, 5.74) is 1.66. The zero-order valence-corrected chi connectivity index (χ0v) is 12.2. The van der Waals surface area contributed by atoms with Gasteiger partial charge in [0.05, 0.1) is 30.3 Å². The summed E-state index contributed by atoms with van der Waals surface area (Å²) in [7, 11) is 3.37. The number of nitrogens with one attached hydrogen (secondary N) is 2. The van der Waals surface area contributed by atoms with E-state index in [1.807, 2.05) is 6.92 Å². The second-order valence-corrected chi connectivity index (χ2v) is 5.11. The van der Waals surface area contributed by atoms with Crippen LogP contribution in [0.25, 0.3) is 0 Å². The molecular weight excluding hydrogens is 260 g/mol. The number of rotatable bonds is 5. The Morgan fingerprint density at radius 1 is 1.75 bits per heavy atom. The highest BCUT2D eigenvalue weighted by molar-refractivity contribution is 5.89. The fourth-order valence-electron chi connectivity index (χ4n) is 2.22. The number of ether oxygens (including phenoxy) is 2. The number of carbonyl (C=O) groups is 1. The fraction of sp³-hybridized carbons (Fsp3) is 0.692. The van der Waals surface area contributed by atoms with Gasteiger partial charge in [-0.1, -0.05) is 0 Å². The maximum atomic E-state index is 12.1. The number of carbonyl (C=O) groups excluding carboxylic acids is 1. The number of hydrogen-bond donors (Lipinski definition) is 2. The Morgan fingerprint density at radius 2 is 2.55 bits per heavy atom. The summed E-state index contributed by atoms with van der Waals surface area (Å²) in [6.45, 7) is 3.87. The molecule has 1 saturated heterocycles. The highest BCUT2D eigenvalue weighted by Gasteiger charge is 2.23. The van der Waals surface area contributed by atoms with Crippen LogP contribution in [0.4, 0.5) is 10.5 Å². The number of amides is 2.